The van der Waals surface area contributed by atoms with Crippen LogP contribution in [0.5, 0.6) is 0 Å². The number of rotatable bonds is 4. The second-order valence-electron chi connectivity index (χ2n) is 5.27. The van der Waals surface area contributed by atoms with Crippen molar-refractivity contribution in [3.05, 3.63) is 22.8 Å². The summed E-state index contributed by atoms with van der Waals surface area (Å²) in [5, 5.41) is 0.533. The van der Waals surface area contributed by atoms with Crippen LogP contribution in [0.25, 0.3) is 0 Å². The summed E-state index contributed by atoms with van der Waals surface area (Å²) in [6.45, 7) is 6.73. The van der Waals surface area contributed by atoms with E-state index in [0.29, 0.717) is 23.5 Å². The summed E-state index contributed by atoms with van der Waals surface area (Å²) >= 11 is 6.00. The highest BCUT2D eigenvalue weighted by atomic mass is 35.5. The van der Waals surface area contributed by atoms with E-state index >= 15 is 0 Å². The fourth-order valence-electron chi connectivity index (χ4n) is 2.48. The van der Waals surface area contributed by atoms with E-state index in [1.807, 2.05) is 0 Å². The fraction of sp³-hybridized carbons (Fsp3) is 0.615. The lowest BCUT2D eigenvalue weighted by molar-refractivity contribution is -0.0560. The molecular formula is C13H22ClN5O. The molecule has 0 amide bonds. The first-order valence-electron chi connectivity index (χ1n) is 6.75. The second-order valence-corrected chi connectivity index (χ2v) is 5.71. The Morgan fingerprint density at radius 1 is 1.55 bits per heavy atom. The molecule has 1 aromatic rings. The van der Waals surface area contributed by atoms with Crippen LogP contribution in [0.2, 0.25) is 5.02 Å². The molecule has 0 saturated carbocycles. The molecule has 1 saturated heterocycles. The van der Waals surface area contributed by atoms with E-state index in [4.69, 9.17) is 27.9 Å². The summed E-state index contributed by atoms with van der Waals surface area (Å²) in [5.74, 6) is 6.12. The van der Waals surface area contributed by atoms with Crippen molar-refractivity contribution >= 4 is 17.4 Å². The van der Waals surface area contributed by atoms with Gasteiger partial charge in [0, 0.05) is 30.9 Å². The molecule has 1 aliphatic heterocycles. The minimum Gasteiger partial charge on any atom is -0.383 e. The first-order valence-corrected chi connectivity index (χ1v) is 7.13. The number of hydrogen-bond acceptors (Lipinski definition) is 6. The third kappa shape index (κ3) is 3.39. The highest BCUT2D eigenvalue weighted by Crippen LogP contribution is 2.27. The van der Waals surface area contributed by atoms with Crippen molar-refractivity contribution in [3.8, 4) is 0 Å². The normalized spacial score (nSPS) is 22.1. The average molecular weight is 300 g/mol. The van der Waals surface area contributed by atoms with Crippen molar-refractivity contribution in [2.75, 3.05) is 25.4 Å². The molecule has 0 spiro atoms. The summed E-state index contributed by atoms with van der Waals surface area (Å²) in [6.07, 6.45) is 1.44. The van der Waals surface area contributed by atoms with Gasteiger partial charge in [-0.05, 0) is 19.9 Å². The Labute approximate surface area is 124 Å². The van der Waals surface area contributed by atoms with E-state index in [0.717, 1.165) is 18.7 Å². The molecule has 20 heavy (non-hydrogen) atoms. The van der Waals surface area contributed by atoms with Gasteiger partial charge in [-0.2, -0.15) is 0 Å². The topological polar surface area (TPSA) is 89.4 Å². The first kappa shape index (κ1) is 15.5. The van der Waals surface area contributed by atoms with Crippen molar-refractivity contribution in [2.45, 2.75) is 32.0 Å². The molecule has 2 atom stereocenters. The van der Waals surface area contributed by atoms with Crippen LogP contribution in [0.3, 0.4) is 0 Å². The number of morpholine rings is 1. The van der Waals surface area contributed by atoms with Gasteiger partial charge in [0.05, 0.1) is 23.8 Å². The summed E-state index contributed by atoms with van der Waals surface area (Å²) in [4.78, 5) is 6.43. The number of nitrogens with one attached hydrogen (secondary N) is 1. The van der Waals surface area contributed by atoms with Crippen LogP contribution < -0.4 is 17.0 Å². The SMILES string of the molecule is CC(C)N1CCOC(C(NN)c2cc(Cl)cnc2N)C1. The molecule has 112 valence electrons. The molecule has 2 heterocycles. The molecule has 2 rings (SSSR count). The van der Waals surface area contributed by atoms with E-state index in [9.17, 15) is 0 Å². The maximum absolute atomic E-state index is 6.00. The van der Waals surface area contributed by atoms with Crippen LogP contribution in [-0.4, -0.2) is 41.7 Å². The summed E-state index contributed by atoms with van der Waals surface area (Å²) < 4.78 is 5.85. The molecule has 0 bridgehead atoms. The molecular weight excluding hydrogens is 278 g/mol. The molecule has 0 radical (unpaired) electrons. The average Bonchev–Trinajstić information content (AvgIpc) is 2.44. The van der Waals surface area contributed by atoms with E-state index in [1.54, 1.807) is 6.07 Å². The molecule has 0 aromatic carbocycles. The van der Waals surface area contributed by atoms with Crippen LogP contribution in [0.15, 0.2) is 12.3 Å². The molecule has 1 aromatic heterocycles. The lowest BCUT2D eigenvalue weighted by Crippen LogP contribution is -2.51. The van der Waals surface area contributed by atoms with Crippen LogP contribution in [0, 0.1) is 0 Å². The Hall–Kier alpha value is -0.920. The van der Waals surface area contributed by atoms with Crippen molar-refractivity contribution in [1.29, 1.82) is 0 Å². The first-order chi connectivity index (χ1) is 9.52. The highest BCUT2D eigenvalue weighted by molar-refractivity contribution is 6.30. The number of pyridine rings is 1. The minimum absolute atomic E-state index is 0.0845. The zero-order chi connectivity index (χ0) is 14.7. The molecule has 0 aliphatic carbocycles. The predicted octanol–water partition coefficient (Wildman–Crippen LogP) is 0.931. The standard InChI is InChI=1S/C13H22ClN5O/c1-8(2)19-3-4-20-11(7-19)12(18-16)10-5-9(14)6-17-13(10)15/h5-6,8,11-12,18H,3-4,7,16H2,1-2H3,(H2,15,17). The van der Waals surface area contributed by atoms with E-state index in [-0.39, 0.29) is 12.1 Å². The number of nitrogens with zero attached hydrogens (tertiary/aromatic N) is 2. The molecule has 6 nitrogen and oxygen atoms in total. The van der Waals surface area contributed by atoms with Gasteiger partial charge in [-0.25, -0.2) is 4.98 Å². The van der Waals surface area contributed by atoms with Gasteiger partial charge in [0.15, 0.2) is 0 Å². The number of aromatic nitrogens is 1. The van der Waals surface area contributed by atoms with E-state index in [1.165, 1.54) is 6.20 Å². The molecule has 2 unspecified atom stereocenters. The van der Waals surface area contributed by atoms with Gasteiger partial charge in [-0.15, -0.1) is 0 Å². The Kier molecular flexibility index (Phi) is 5.17. The smallest absolute Gasteiger partial charge is 0.128 e. The largest absolute Gasteiger partial charge is 0.383 e. The van der Waals surface area contributed by atoms with Gasteiger partial charge < -0.3 is 10.5 Å². The molecule has 1 aliphatic rings. The third-order valence-electron chi connectivity index (χ3n) is 3.66. The molecule has 5 N–H and O–H groups in total. The Bertz CT molecular complexity index is 456. The molecule has 7 heteroatoms. The number of anilines is 1. The summed E-state index contributed by atoms with van der Waals surface area (Å²) in [7, 11) is 0. The highest BCUT2D eigenvalue weighted by Gasteiger charge is 2.31. The van der Waals surface area contributed by atoms with E-state index < -0.39 is 0 Å². The quantitative estimate of drug-likeness (QED) is 0.566. The van der Waals surface area contributed by atoms with Crippen LogP contribution in [-0.2, 0) is 4.74 Å². The molecule has 1 fully saturated rings. The number of halogens is 1. The van der Waals surface area contributed by atoms with Gasteiger partial charge in [0.2, 0.25) is 0 Å². The second kappa shape index (κ2) is 6.69. The van der Waals surface area contributed by atoms with Gasteiger partial charge in [-0.3, -0.25) is 16.2 Å². The van der Waals surface area contributed by atoms with Gasteiger partial charge in [0.25, 0.3) is 0 Å². The number of nitrogen functional groups attached to an aromatic ring is 1. The number of nitrogens with two attached hydrogens (primary N) is 2. The monoisotopic (exact) mass is 299 g/mol. The predicted molar refractivity (Wildman–Crippen MR) is 80.2 cm³/mol. The Morgan fingerprint density at radius 3 is 2.95 bits per heavy atom. The maximum Gasteiger partial charge on any atom is 0.128 e. The maximum atomic E-state index is 6.00. The summed E-state index contributed by atoms with van der Waals surface area (Å²) in [6, 6.07) is 2.02. The zero-order valence-corrected chi connectivity index (χ0v) is 12.6. The number of hydrogen-bond donors (Lipinski definition) is 3. The van der Waals surface area contributed by atoms with Crippen molar-refractivity contribution in [1.82, 2.24) is 15.3 Å². The lowest BCUT2D eigenvalue weighted by Gasteiger charge is -2.39. The summed E-state index contributed by atoms with van der Waals surface area (Å²) in [5.41, 5.74) is 9.49. The van der Waals surface area contributed by atoms with Crippen molar-refractivity contribution in [3.63, 3.8) is 0 Å². The lowest BCUT2D eigenvalue weighted by atomic mass is 10.0. The van der Waals surface area contributed by atoms with Crippen molar-refractivity contribution in [2.24, 2.45) is 5.84 Å². The number of ether oxygens (including phenoxy) is 1. The van der Waals surface area contributed by atoms with E-state index in [2.05, 4.69) is 29.2 Å². The zero-order valence-electron chi connectivity index (χ0n) is 11.8. The fourth-order valence-corrected chi connectivity index (χ4v) is 2.65. The third-order valence-corrected chi connectivity index (χ3v) is 3.86. The van der Waals surface area contributed by atoms with Crippen LogP contribution in [0.4, 0.5) is 5.82 Å². The number of hydrazine groups is 1. The minimum atomic E-state index is -0.234. The Morgan fingerprint density at radius 2 is 2.30 bits per heavy atom. The Balaban J connectivity index is 2.21. The van der Waals surface area contributed by atoms with Crippen LogP contribution in [0.1, 0.15) is 25.5 Å². The van der Waals surface area contributed by atoms with Gasteiger partial charge in [-0.1, -0.05) is 11.6 Å². The van der Waals surface area contributed by atoms with Crippen LogP contribution >= 0.6 is 11.6 Å². The van der Waals surface area contributed by atoms with Gasteiger partial charge in [0.1, 0.15) is 5.82 Å². The van der Waals surface area contributed by atoms with Gasteiger partial charge >= 0.3 is 0 Å². The van der Waals surface area contributed by atoms with Crippen molar-refractivity contribution < 1.29 is 4.74 Å².